The summed E-state index contributed by atoms with van der Waals surface area (Å²) in [6.45, 7) is 1.24. The van der Waals surface area contributed by atoms with E-state index in [1.165, 1.54) is 30.2 Å². The standard InChI is InChI=1S/C13H22N4O2S/c1-16-9-15-12(14)13(16)20(18,19)17-7-6-10-4-2-3-5-11(10)8-17/h9-11H,2-8,14H2,1H3. The van der Waals surface area contributed by atoms with Gasteiger partial charge in [-0.1, -0.05) is 19.3 Å². The Kier molecular flexibility index (Phi) is 3.50. The highest BCUT2D eigenvalue weighted by Gasteiger charge is 2.38. The second-order valence-electron chi connectivity index (χ2n) is 6.00. The summed E-state index contributed by atoms with van der Waals surface area (Å²) >= 11 is 0. The number of nitrogens with two attached hydrogens (primary N) is 1. The van der Waals surface area contributed by atoms with E-state index in [0.717, 1.165) is 12.8 Å². The fourth-order valence-corrected chi connectivity index (χ4v) is 5.37. The average Bonchev–Trinajstić information content (AvgIpc) is 2.78. The van der Waals surface area contributed by atoms with E-state index in [1.54, 1.807) is 11.4 Å². The molecule has 0 amide bonds. The van der Waals surface area contributed by atoms with Gasteiger partial charge in [0.05, 0.1) is 6.33 Å². The third-order valence-electron chi connectivity index (χ3n) is 4.75. The maximum atomic E-state index is 12.7. The Morgan fingerprint density at radius 3 is 2.60 bits per heavy atom. The lowest BCUT2D eigenvalue weighted by molar-refractivity contribution is 0.136. The monoisotopic (exact) mass is 298 g/mol. The Balaban J connectivity index is 1.85. The predicted molar refractivity (Wildman–Crippen MR) is 76.4 cm³/mol. The van der Waals surface area contributed by atoms with Crippen molar-refractivity contribution in [3.05, 3.63) is 6.33 Å². The molecule has 1 saturated heterocycles. The number of piperidine rings is 1. The minimum Gasteiger partial charge on any atom is -0.381 e. The molecule has 3 rings (SSSR count). The van der Waals surface area contributed by atoms with Gasteiger partial charge in [-0.3, -0.25) is 0 Å². The van der Waals surface area contributed by atoms with Crippen molar-refractivity contribution in [2.24, 2.45) is 18.9 Å². The molecule has 2 heterocycles. The van der Waals surface area contributed by atoms with Gasteiger partial charge < -0.3 is 10.3 Å². The number of aryl methyl sites for hydroxylation is 1. The van der Waals surface area contributed by atoms with E-state index in [4.69, 9.17) is 5.73 Å². The third kappa shape index (κ3) is 2.22. The predicted octanol–water partition coefficient (Wildman–Crippen LogP) is 1.20. The summed E-state index contributed by atoms with van der Waals surface area (Å²) in [5, 5.41) is 0.131. The number of imidazole rings is 1. The number of sulfonamides is 1. The second-order valence-corrected chi connectivity index (χ2v) is 7.86. The van der Waals surface area contributed by atoms with E-state index in [2.05, 4.69) is 4.98 Å². The number of hydrogen-bond acceptors (Lipinski definition) is 4. The second kappa shape index (κ2) is 5.04. The first-order chi connectivity index (χ1) is 9.50. The van der Waals surface area contributed by atoms with E-state index < -0.39 is 10.0 Å². The Hall–Kier alpha value is -1.08. The van der Waals surface area contributed by atoms with Crippen LogP contribution in [0.2, 0.25) is 0 Å². The van der Waals surface area contributed by atoms with Crippen LogP contribution in [0.25, 0.3) is 0 Å². The van der Waals surface area contributed by atoms with Crippen molar-refractivity contribution in [3.8, 4) is 0 Å². The smallest absolute Gasteiger partial charge is 0.262 e. The van der Waals surface area contributed by atoms with Crippen LogP contribution in [-0.4, -0.2) is 35.4 Å². The van der Waals surface area contributed by atoms with Crippen LogP contribution in [0.1, 0.15) is 32.1 Å². The number of hydrogen-bond donors (Lipinski definition) is 1. The molecular formula is C13H22N4O2S. The Morgan fingerprint density at radius 1 is 1.25 bits per heavy atom. The molecule has 112 valence electrons. The molecule has 2 fully saturated rings. The summed E-state index contributed by atoms with van der Waals surface area (Å²) in [7, 11) is -1.85. The first-order valence-corrected chi connectivity index (χ1v) is 8.71. The Morgan fingerprint density at radius 2 is 1.95 bits per heavy atom. The topological polar surface area (TPSA) is 81.2 Å². The molecule has 0 aromatic carbocycles. The third-order valence-corrected chi connectivity index (χ3v) is 6.74. The zero-order valence-corrected chi connectivity index (χ0v) is 12.6. The lowest BCUT2D eigenvalue weighted by Crippen LogP contribution is -2.45. The summed E-state index contributed by atoms with van der Waals surface area (Å²) in [4.78, 5) is 3.89. The molecule has 1 saturated carbocycles. The van der Waals surface area contributed by atoms with Gasteiger partial charge in [0.1, 0.15) is 0 Å². The van der Waals surface area contributed by atoms with Crippen LogP contribution < -0.4 is 5.73 Å². The summed E-state index contributed by atoms with van der Waals surface area (Å²) in [6, 6.07) is 0. The maximum Gasteiger partial charge on any atom is 0.262 e. The first kappa shape index (κ1) is 13.9. The van der Waals surface area contributed by atoms with Crippen LogP contribution in [-0.2, 0) is 17.1 Å². The van der Waals surface area contributed by atoms with Crippen molar-refractivity contribution < 1.29 is 8.42 Å². The van der Waals surface area contributed by atoms with E-state index in [-0.39, 0.29) is 10.8 Å². The normalized spacial score (nSPS) is 28.2. The van der Waals surface area contributed by atoms with Crippen molar-refractivity contribution in [1.29, 1.82) is 0 Å². The zero-order chi connectivity index (χ0) is 14.3. The molecule has 0 spiro atoms. The van der Waals surface area contributed by atoms with Crippen molar-refractivity contribution in [3.63, 3.8) is 0 Å². The summed E-state index contributed by atoms with van der Waals surface area (Å²) in [6.07, 6.45) is 7.35. The molecule has 20 heavy (non-hydrogen) atoms. The fourth-order valence-electron chi connectivity index (χ4n) is 3.66. The molecule has 0 radical (unpaired) electrons. The molecule has 6 nitrogen and oxygen atoms in total. The van der Waals surface area contributed by atoms with Crippen LogP contribution >= 0.6 is 0 Å². The van der Waals surface area contributed by atoms with Crippen LogP contribution in [0.15, 0.2) is 11.4 Å². The van der Waals surface area contributed by atoms with Gasteiger partial charge in [-0.25, -0.2) is 13.4 Å². The Labute approximate surface area is 120 Å². The highest BCUT2D eigenvalue weighted by Crippen LogP contribution is 2.38. The van der Waals surface area contributed by atoms with Crippen LogP contribution in [0.4, 0.5) is 5.82 Å². The van der Waals surface area contributed by atoms with E-state index >= 15 is 0 Å². The average molecular weight is 298 g/mol. The van der Waals surface area contributed by atoms with Gasteiger partial charge in [0, 0.05) is 20.1 Å². The summed E-state index contributed by atoms with van der Waals surface area (Å²) in [5.74, 6) is 1.32. The van der Waals surface area contributed by atoms with Crippen molar-refractivity contribution in [2.75, 3.05) is 18.8 Å². The fraction of sp³-hybridized carbons (Fsp3) is 0.769. The molecule has 2 unspecified atom stereocenters. The molecule has 2 N–H and O–H groups in total. The lowest BCUT2D eigenvalue weighted by atomic mass is 9.76. The van der Waals surface area contributed by atoms with Gasteiger partial charge in [0.2, 0.25) is 0 Å². The minimum absolute atomic E-state index is 0.0956. The van der Waals surface area contributed by atoms with Crippen LogP contribution in [0.3, 0.4) is 0 Å². The molecule has 1 aliphatic heterocycles. The number of anilines is 1. The Bertz CT molecular complexity index is 576. The molecule has 0 bridgehead atoms. The SMILES string of the molecule is Cn1cnc(N)c1S(=O)(=O)N1CCC2CCCCC2C1. The molecule has 2 aliphatic rings. The number of fused-ring (bicyclic) bond motifs is 1. The number of nitrogen functional groups attached to an aromatic ring is 1. The highest BCUT2D eigenvalue weighted by molar-refractivity contribution is 7.89. The van der Waals surface area contributed by atoms with Crippen molar-refractivity contribution >= 4 is 15.8 Å². The van der Waals surface area contributed by atoms with E-state index in [0.29, 0.717) is 24.9 Å². The molecule has 1 aromatic heterocycles. The molecule has 1 aliphatic carbocycles. The highest BCUT2D eigenvalue weighted by atomic mass is 32.2. The largest absolute Gasteiger partial charge is 0.381 e. The van der Waals surface area contributed by atoms with Crippen LogP contribution in [0.5, 0.6) is 0 Å². The molecular weight excluding hydrogens is 276 g/mol. The molecule has 7 heteroatoms. The van der Waals surface area contributed by atoms with E-state index in [1.807, 2.05) is 0 Å². The van der Waals surface area contributed by atoms with Crippen molar-refractivity contribution in [1.82, 2.24) is 13.9 Å². The molecule has 2 atom stereocenters. The summed E-state index contributed by atoms with van der Waals surface area (Å²) in [5.41, 5.74) is 5.73. The minimum atomic E-state index is -3.52. The first-order valence-electron chi connectivity index (χ1n) is 7.27. The lowest BCUT2D eigenvalue weighted by Gasteiger charge is -2.40. The zero-order valence-electron chi connectivity index (χ0n) is 11.8. The quantitative estimate of drug-likeness (QED) is 0.889. The molecule has 1 aromatic rings. The maximum absolute atomic E-state index is 12.7. The van der Waals surface area contributed by atoms with Gasteiger partial charge in [0.15, 0.2) is 10.8 Å². The van der Waals surface area contributed by atoms with Crippen LogP contribution in [0, 0.1) is 11.8 Å². The van der Waals surface area contributed by atoms with Gasteiger partial charge in [-0.05, 0) is 24.7 Å². The summed E-state index contributed by atoms with van der Waals surface area (Å²) < 4.78 is 28.6. The van der Waals surface area contributed by atoms with E-state index in [9.17, 15) is 8.42 Å². The van der Waals surface area contributed by atoms with Gasteiger partial charge in [0.25, 0.3) is 10.0 Å². The number of aromatic nitrogens is 2. The number of nitrogens with zero attached hydrogens (tertiary/aromatic N) is 3. The van der Waals surface area contributed by atoms with Gasteiger partial charge in [-0.2, -0.15) is 4.31 Å². The van der Waals surface area contributed by atoms with Crippen molar-refractivity contribution in [2.45, 2.75) is 37.1 Å². The van der Waals surface area contributed by atoms with Gasteiger partial charge >= 0.3 is 0 Å². The van der Waals surface area contributed by atoms with Gasteiger partial charge in [-0.15, -0.1) is 0 Å². The number of rotatable bonds is 2.